The van der Waals surface area contributed by atoms with Crippen LogP contribution in [0.1, 0.15) is 34.1 Å². The van der Waals surface area contributed by atoms with Gasteiger partial charge in [-0.25, -0.2) is 0 Å². The van der Waals surface area contributed by atoms with Crippen LogP contribution in [0.15, 0.2) is 48.5 Å². The van der Waals surface area contributed by atoms with Gasteiger partial charge in [-0.05, 0) is 48.4 Å². The molecule has 0 radical (unpaired) electrons. The number of carbonyl (C=O) groups is 1. The van der Waals surface area contributed by atoms with Gasteiger partial charge in [-0.15, -0.1) is 0 Å². The zero-order valence-electron chi connectivity index (χ0n) is 18.7. The van der Waals surface area contributed by atoms with Crippen LogP contribution in [0.5, 0.6) is 11.5 Å². The van der Waals surface area contributed by atoms with Crippen molar-refractivity contribution >= 4 is 5.91 Å². The Bertz CT molecular complexity index is 1100. The summed E-state index contributed by atoms with van der Waals surface area (Å²) in [5, 5.41) is 17.3. The van der Waals surface area contributed by atoms with Crippen molar-refractivity contribution in [1.82, 2.24) is 20.0 Å². The third kappa shape index (κ3) is 4.19. The molecule has 1 atom stereocenters. The summed E-state index contributed by atoms with van der Waals surface area (Å²) in [6.45, 7) is 4.94. The number of morpholine rings is 1. The molecule has 0 saturated carbocycles. The van der Waals surface area contributed by atoms with Crippen LogP contribution in [0.4, 0.5) is 0 Å². The maximum atomic E-state index is 13.4. The lowest BCUT2D eigenvalue weighted by molar-refractivity contribution is 0.0354. The third-order valence-corrected chi connectivity index (χ3v) is 6.41. The molecule has 1 amide bonds. The van der Waals surface area contributed by atoms with Crippen LogP contribution in [-0.2, 0) is 4.74 Å². The minimum absolute atomic E-state index is 0.0442. The number of methoxy groups -OCH3 is 1. The Balaban J connectivity index is 1.46. The number of rotatable bonds is 7. The van der Waals surface area contributed by atoms with Crippen molar-refractivity contribution in [3.63, 3.8) is 0 Å². The van der Waals surface area contributed by atoms with Crippen LogP contribution in [0.25, 0.3) is 11.3 Å². The number of carbonyl (C=O) groups excluding carboxylic acids is 1. The van der Waals surface area contributed by atoms with Crippen molar-refractivity contribution < 1.29 is 19.4 Å². The van der Waals surface area contributed by atoms with Crippen LogP contribution in [0.2, 0.25) is 0 Å². The maximum Gasteiger partial charge on any atom is 0.273 e. The number of aromatic nitrogens is 2. The summed E-state index contributed by atoms with van der Waals surface area (Å²) < 4.78 is 10.7. The number of ether oxygens (including phenoxy) is 2. The van der Waals surface area contributed by atoms with Gasteiger partial charge in [-0.3, -0.25) is 14.8 Å². The molecule has 2 aromatic carbocycles. The highest BCUT2D eigenvalue weighted by Crippen LogP contribution is 2.43. The summed E-state index contributed by atoms with van der Waals surface area (Å²) in [5.41, 5.74) is 4.03. The molecule has 3 aromatic rings. The van der Waals surface area contributed by atoms with E-state index in [4.69, 9.17) is 9.47 Å². The molecule has 1 saturated heterocycles. The number of amides is 1. The van der Waals surface area contributed by atoms with Crippen LogP contribution < -0.4 is 4.74 Å². The number of hydrogen-bond donors (Lipinski definition) is 2. The summed E-state index contributed by atoms with van der Waals surface area (Å²) in [6.07, 6.45) is 0.871. The molecular weight excluding hydrogens is 420 g/mol. The fourth-order valence-corrected chi connectivity index (χ4v) is 4.69. The van der Waals surface area contributed by atoms with Gasteiger partial charge in [-0.2, -0.15) is 5.10 Å². The quantitative estimate of drug-likeness (QED) is 0.577. The number of H-pyrrole nitrogens is 1. The average molecular weight is 449 g/mol. The minimum atomic E-state index is -0.270. The number of benzene rings is 2. The Labute approximate surface area is 192 Å². The summed E-state index contributed by atoms with van der Waals surface area (Å²) in [6, 6.07) is 14.5. The number of hydrogen-bond acceptors (Lipinski definition) is 6. The standard InChI is InChI=1S/C25H28N4O4/c1-32-20-9-5-17(6-10-20)22-21-23(27-26-22)25(31)29(12-2-11-28-13-15-33-16-14-28)24(21)18-3-7-19(30)8-4-18/h3-10,24,30H,2,11-16H2,1H3,(H,26,27). The molecule has 3 heterocycles. The van der Waals surface area contributed by atoms with E-state index in [1.807, 2.05) is 41.3 Å². The second-order valence-electron chi connectivity index (χ2n) is 8.39. The van der Waals surface area contributed by atoms with E-state index in [1.165, 1.54) is 0 Å². The van der Waals surface area contributed by atoms with E-state index in [1.54, 1.807) is 19.2 Å². The lowest BCUT2D eigenvalue weighted by atomic mass is 9.96. The van der Waals surface area contributed by atoms with E-state index in [0.717, 1.165) is 67.4 Å². The summed E-state index contributed by atoms with van der Waals surface area (Å²) in [7, 11) is 1.63. The number of aromatic amines is 1. The number of fused-ring (bicyclic) bond motifs is 1. The van der Waals surface area contributed by atoms with Crippen molar-refractivity contribution in [3.8, 4) is 22.8 Å². The van der Waals surface area contributed by atoms with Crippen LogP contribution in [0, 0.1) is 0 Å². The monoisotopic (exact) mass is 448 g/mol. The fourth-order valence-electron chi connectivity index (χ4n) is 4.69. The number of phenols is 1. The Morgan fingerprint density at radius 2 is 1.82 bits per heavy atom. The second-order valence-corrected chi connectivity index (χ2v) is 8.39. The topological polar surface area (TPSA) is 90.9 Å². The van der Waals surface area contributed by atoms with Gasteiger partial charge in [0.1, 0.15) is 17.2 Å². The van der Waals surface area contributed by atoms with Gasteiger partial charge in [0, 0.05) is 37.3 Å². The molecule has 0 aliphatic carbocycles. The van der Waals surface area contributed by atoms with Gasteiger partial charge in [0.25, 0.3) is 5.91 Å². The fraction of sp³-hybridized carbons (Fsp3) is 0.360. The lowest BCUT2D eigenvalue weighted by Crippen LogP contribution is -2.38. The van der Waals surface area contributed by atoms with Crippen LogP contribution in [0.3, 0.4) is 0 Å². The molecule has 172 valence electrons. The molecule has 2 aliphatic rings. The first-order valence-electron chi connectivity index (χ1n) is 11.3. The molecule has 0 bridgehead atoms. The smallest absolute Gasteiger partial charge is 0.273 e. The highest BCUT2D eigenvalue weighted by molar-refractivity contribution is 6.00. The lowest BCUT2D eigenvalue weighted by Gasteiger charge is -2.29. The van der Waals surface area contributed by atoms with Crippen molar-refractivity contribution in [2.45, 2.75) is 12.5 Å². The first kappa shape index (κ1) is 21.5. The van der Waals surface area contributed by atoms with Crippen molar-refractivity contribution in [3.05, 3.63) is 65.4 Å². The zero-order chi connectivity index (χ0) is 22.8. The van der Waals surface area contributed by atoms with Gasteiger partial charge in [0.05, 0.1) is 32.1 Å². The SMILES string of the molecule is COc1ccc(-c2n[nH]c3c2C(c2ccc(O)cc2)N(CCCN2CCOCC2)C3=O)cc1. The van der Waals surface area contributed by atoms with E-state index in [-0.39, 0.29) is 17.7 Å². The molecule has 8 nitrogen and oxygen atoms in total. The summed E-state index contributed by atoms with van der Waals surface area (Å²) >= 11 is 0. The minimum Gasteiger partial charge on any atom is -0.508 e. The van der Waals surface area contributed by atoms with E-state index in [2.05, 4.69) is 15.1 Å². The molecule has 1 fully saturated rings. The van der Waals surface area contributed by atoms with Gasteiger partial charge >= 0.3 is 0 Å². The molecular formula is C25H28N4O4. The van der Waals surface area contributed by atoms with Gasteiger partial charge < -0.3 is 19.5 Å². The summed E-state index contributed by atoms with van der Waals surface area (Å²) in [5.74, 6) is 0.920. The molecule has 0 spiro atoms. The average Bonchev–Trinajstić information content (AvgIpc) is 3.40. The number of phenolic OH excluding ortho intramolecular Hbond substituents is 1. The van der Waals surface area contributed by atoms with Crippen molar-refractivity contribution in [2.75, 3.05) is 46.5 Å². The largest absolute Gasteiger partial charge is 0.508 e. The zero-order valence-corrected chi connectivity index (χ0v) is 18.7. The molecule has 2 aliphatic heterocycles. The number of nitrogens with one attached hydrogen (secondary N) is 1. The second kappa shape index (κ2) is 9.25. The van der Waals surface area contributed by atoms with E-state index in [9.17, 15) is 9.90 Å². The Kier molecular flexibility index (Phi) is 6.02. The molecule has 1 aromatic heterocycles. The predicted octanol–water partition coefficient (Wildman–Crippen LogP) is 3.06. The Morgan fingerprint density at radius 1 is 1.09 bits per heavy atom. The Hall–Kier alpha value is -3.36. The molecule has 5 rings (SSSR count). The maximum absolute atomic E-state index is 13.4. The highest BCUT2D eigenvalue weighted by Gasteiger charge is 2.41. The summed E-state index contributed by atoms with van der Waals surface area (Å²) in [4.78, 5) is 17.7. The van der Waals surface area contributed by atoms with Crippen LogP contribution in [-0.4, -0.2) is 77.5 Å². The van der Waals surface area contributed by atoms with E-state index >= 15 is 0 Å². The first-order chi connectivity index (χ1) is 16.2. The van der Waals surface area contributed by atoms with Gasteiger partial charge in [0.15, 0.2) is 0 Å². The predicted molar refractivity (Wildman–Crippen MR) is 123 cm³/mol. The van der Waals surface area contributed by atoms with Gasteiger partial charge in [0.2, 0.25) is 0 Å². The van der Waals surface area contributed by atoms with Crippen LogP contribution >= 0.6 is 0 Å². The van der Waals surface area contributed by atoms with Crippen molar-refractivity contribution in [1.29, 1.82) is 0 Å². The molecule has 8 heteroatoms. The normalized spacial score (nSPS) is 18.5. The first-order valence-corrected chi connectivity index (χ1v) is 11.3. The third-order valence-electron chi connectivity index (χ3n) is 6.41. The molecule has 33 heavy (non-hydrogen) atoms. The van der Waals surface area contributed by atoms with E-state index in [0.29, 0.717) is 12.2 Å². The van der Waals surface area contributed by atoms with Gasteiger partial charge in [-0.1, -0.05) is 12.1 Å². The number of nitrogens with zero attached hydrogens (tertiary/aromatic N) is 3. The van der Waals surface area contributed by atoms with E-state index < -0.39 is 0 Å². The molecule has 1 unspecified atom stereocenters. The molecule has 2 N–H and O–H groups in total. The highest BCUT2D eigenvalue weighted by atomic mass is 16.5. The Morgan fingerprint density at radius 3 is 2.52 bits per heavy atom. The van der Waals surface area contributed by atoms with Crippen molar-refractivity contribution in [2.24, 2.45) is 0 Å². The number of aromatic hydroxyl groups is 1.